The number of carbonyl (C=O) groups is 1. The molecule has 0 aliphatic carbocycles. The number of piperidine rings is 1. The van der Waals surface area contributed by atoms with Gasteiger partial charge in [0, 0.05) is 38.9 Å². The highest BCUT2D eigenvalue weighted by Gasteiger charge is 2.41. The van der Waals surface area contributed by atoms with Gasteiger partial charge in [-0.05, 0) is 30.3 Å². The van der Waals surface area contributed by atoms with Gasteiger partial charge in [-0.15, -0.1) is 0 Å². The summed E-state index contributed by atoms with van der Waals surface area (Å²) in [5, 5.41) is 0. The maximum absolute atomic E-state index is 11.3. The van der Waals surface area contributed by atoms with E-state index in [1.807, 2.05) is 4.90 Å². The molecule has 4 rings (SSSR count). The summed E-state index contributed by atoms with van der Waals surface area (Å²) in [6, 6.07) is 6.41. The molecule has 124 valence electrons. The lowest BCUT2D eigenvalue weighted by Crippen LogP contribution is -2.45. The van der Waals surface area contributed by atoms with Crippen molar-refractivity contribution in [3.63, 3.8) is 0 Å². The smallest absolute Gasteiger partial charge is 0.210 e. The monoisotopic (exact) mass is 316 g/mol. The van der Waals surface area contributed by atoms with E-state index in [-0.39, 0.29) is 11.6 Å². The minimum atomic E-state index is -0.0130. The Bertz CT molecular complexity index is 596. The number of ether oxygens (including phenoxy) is 2. The predicted octanol–water partition coefficient (Wildman–Crippen LogP) is 1.62. The standard InChI is InChI=1S/C18H24N2O3/c1-19-6-4-18(5-7-19)11-15-10-14(2-3-17(15)23-18)16-12-22-9-8-20(16)13-21/h2-3,10,13,16H,4-9,11-12H2,1H3. The molecule has 0 saturated carbocycles. The van der Waals surface area contributed by atoms with Crippen molar-refractivity contribution in [1.29, 1.82) is 0 Å². The quantitative estimate of drug-likeness (QED) is 0.778. The Hall–Kier alpha value is -1.59. The average Bonchev–Trinajstić information content (AvgIpc) is 2.95. The van der Waals surface area contributed by atoms with Crippen molar-refractivity contribution >= 4 is 6.41 Å². The van der Waals surface area contributed by atoms with Crippen molar-refractivity contribution < 1.29 is 14.3 Å². The van der Waals surface area contributed by atoms with E-state index in [0.717, 1.165) is 50.1 Å². The number of carbonyl (C=O) groups excluding carboxylic acids is 1. The normalized spacial score (nSPS) is 26.8. The van der Waals surface area contributed by atoms with Crippen molar-refractivity contribution in [3.05, 3.63) is 29.3 Å². The first-order valence-electron chi connectivity index (χ1n) is 8.48. The molecule has 5 heteroatoms. The first-order chi connectivity index (χ1) is 11.2. The molecule has 3 aliphatic heterocycles. The average molecular weight is 316 g/mol. The zero-order valence-electron chi connectivity index (χ0n) is 13.7. The summed E-state index contributed by atoms with van der Waals surface area (Å²) in [5.41, 5.74) is 2.42. The Morgan fingerprint density at radius 3 is 2.87 bits per heavy atom. The fourth-order valence-corrected chi connectivity index (χ4v) is 4.00. The van der Waals surface area contributed by atoms with Gasteiger partial charge in [-0.1, -0.05) is 6.07 Å². The Labute approximate surface area is 137 Å². The van der Waals surface area contributed by atoms with Crippen LogP contribution in [0.1, 0.15) is 30.0 Å². The van der Waals surface area contributed by atoms with Crippen LogP contribution < -0.4 is 4.74 Å². The maximum Gasteiger partial charge on any atom is 0.210 e. The molecule has 3 heterocycles. The van der Waals surface area contributed by atoms with Crippen LogP contribution in [0.3, 0.4) is 0 Å². The Kier molecular flexibility index (Phi) is 3.77. The van der Waals surface area contributed by atoms with Crippen molar-refractivity contribution in [2.45, 2.75) is 30.9 Å². The summed E-state index contributed by atoms with van der Waals surface area (Å²) >= 11 is 0. The molecule has 2 saturated heterocycles. The molecule has 1 spiro atoms. The second kappa shape index (κ2) is 5.80. The number of hydrogen-bond acceptors (Lipinski definition) is 4. The Morgan fingerprint density at radius 1 is 1.26 bits per heavy atom. The van der Waals surface area contributed by atoms with Crippen LogP contribution in [0.25, 0.3) is 0 Å². The summed E-state index contributed by atoms with van der Waals surface area (Å²) < 4.78 is 11.9. The van der Waals surface area contributed by atoms with E-state index in [4.69, 9.17) is 9.47 Å². The fraction of sp³-hybridized carbons (Fsp3) is 0.611. The third-order valence-corrected chi connectivity index (χ3v) is 5.51. The van der Waals surface area contributed by atoms with E-state index in [0.29, 0.717) is 19.8 Å². The Balaban J connectivity index is 1.56. The molecular formula is C18H24N2O3. The molecule has 1 aromatic carbocycles. The molecule has 1 aromatic rings. The van der Waals surface area contributed by atoms with Gasteiger partial charge in [0.25, 0.3) is 0 Å². The van der Waals surface area contributed by atoms with E-state index in [1.54, 1.807) is 0 Å². The minimum absolute atomic E-state index is 0.0130. The van der Waals surface area contributed by atoms with Crippen LogP contribution in [0.5, 0.6) is 5.75 Å². The lowest BCUT2D eigenvalue weighted by molar-refractivity contribution is -0.126. The van der Waals surface area contributed by atoms with E-state index in [1.165, 1.54) is 5.56 Å². The van der Waals surface area contributed by atoms with Crippen LogP contribution in [0, 0.1) is 0 Å². The highest BCUT2D eigenvalue weighted by Crippen LogP contribution is 2.42. The van der Waals surface area contributed by atoms with E-state index < -0.39 is 0 Å². The number of benzene rings is 1. The van der Waals surface area contributed by atoms with Gasteiger partial charge in [0.2, 0.25) is 6.41 Å². The van der Waals surface area contributed by atoms with Crippen molar-refractivity contribution in [3.8, 4) is 5.75 Å². The molecule has 23 heavy (non-hydrogen) atoms. The highest BCUT2D eigenvalue weighted by molar-refractivity contribution is 5.50. The van der Waals surface area contributed by atoms with E-state index >= 15 is 0 Å². The second-order valence-corrected chi connectivity index (χ2v) is 7.07. The molecule has 0 aromatic heterocycles. The Morgan fingerprint density at radius 2 is 2.09 bits per heavy atom. The number of fused-ring (bicyclic) bond motifs is 1. The van der Waals surface area contributed by atoms with Gasteiger partial charge in [-0.2, -0.15) is 0 Å². The zero-order chi connectivity index (χ0) is 15.9. The SMILES string of the molecule is CN1CCC2(CC1)Cc1cc(C3COCCN3C=O)ccc1O2. The summed E-state index contributed by atoms with van der Waals surface area (Å²) in [5.74, 6) is 1.02. The third kappa shape index (κ3) is 2.72. The molecular weight excluding hydrogens is 292 g/mol. The van der Waals surface area contributed by atoms with Gasteiger partial charge < -0.3 is 19.3 Å². The number of rotatable bonds is 2. The van der Waals surface area contributed by atoms with E-state index in [2.05, 4.69) is 30.1 Å². The van der Waals surface area contributed by atoms with Gasteiger partial charge in [0.15, 0.2) is 0 Å². The summed E-state index contributed by atoms with van der Waals surface area (Å²) in [6.07, 6.45) is 4.09. The fourth-order valence-electron chi connectivity index (χ4n) is 4.00. The van der Waals surface area contributed by atoms with Crippen LogP contribution in [-0.2, 0) is 16.0 Å². The number of amides is 1. The molecule has 1 unspecified atom stereocenters. The van der Waals surface area contributed by atoms with Gasteiger partial charge in [-0.3, -0.25) is 4.79 Å². The van der Waals surface area contributed by atoms with E-state index in [9.17, 15) is 4.79 Å². The number of morpholine rings is 1. The van der Waals surface area contributed by atoms with Gasteiger partial charge >= 0.3 is 0 Å². The van der Waals surface area contributed by atoms with Crippen LogP contribution in [0.2, 0.25) is 0 Å². The molecule has 3 aliphatic rings. The highest BCUT2D eigenvalue weighted by atomic mass is 16.5. The number of nitrogens with zero attached hydrogens (tertiary/aromatic N) is 2. The maximum atomic E-state index is 11.3. The van der Waals surface area contributed by atoms with Crippen LogP contribution >= 0.6 is 0 Å². The number of hydrogen-bond donors (Lipinski definition) is 0. The summed E-state index contributed by atoms with van der Waals surface area (Å²) in [7, 11) is 2.17. The van der Waals surface area contributed by atoms with Gasteiger partial charge in [0.05, 0.1) is 19.3 Å². The predicted molar refractivity (Wildman–Crippen MR) is 86.6 cm³/mol. The molecule has 0 bridgehead atoms. The minimum Gasteiger partial charge on any atom is -0.487 e. The van der Waals surface area contributed by atoms with Crippen molar-refractivity contribution in [2.75, 3.05) is 39.9 Å². The molecule has 0 N–H and O–H groups in total. The summed E-state index contributed by atoms with van der Waals surface area (Å²) in [4.78, 5) is 15.5. The van der Waals surface area contributed by atoms with Gasteiger partial charge in [0.1, 0.15) is 11.4 Å². The van der Waals surface area contributed by atoms with Crippen LogP contribution in [0.4, 0.5) is 0 Å². The molecule has 1 atom stereocenters. The van der Waals surface area contributed by atoms with Crippen LogP contribution in [-0.4, -0.2) is 61.7 Å². The third-order valence-electron chi connectivity index (χ3n) is 5.51. The molecule has 5 nitrogen and oxygen atoms in total. The molecule has 0 radical (unpaired) electrons. The van der Waals surface area contributed by atoms with Crippen LogP contribution in [0.15, 0.2) is 18.2 Å². The van der Waals surface area contributed by atoms with Crippen molar-refractivity contribution in [1.82, 2.24) is 9.80 Å². The largest absolute Gasteiger partial charge is 0.487 e. The lowest BCUT2D eigenvalue weighted by atomic mass is 9.87. The first-order valence-corrected chi connectivity index (χ1v) is 8.48. The first kappa shape index (κ1) is 15.0. The molecule has 1 amide bonds. The summed E-state index contributed by atoms with van der Waals surface area (Å²) in [6.45, 7) is 4.05. The number of likely N-dealkylation sites (tertiary alicyclic amines) is 1. The topological polar surface area (TPSA) is 42.0 Å². The lowest BCUT2D eigenvalue weighted by Gasteiger charge is -2.37. The second-order valence-electron chi connectivity index (χ2n) is 7.07. The zero-order valence-corrected chi connectivity index (χ0v) is 13.7. The van der Waals surface area contributed by atoms with Crippen molar-refractivity contribution in [2.24, 2.45) is 0 Å². The van der Waals surface area contributed by atoms with Gasteiger partial charge in [-0.25, -0.2) is 0 Å². The molecule has 2 fully saturated rings.